The average molecular weight is 267 g/mol. The Labute approximate surface area is 121 Å². The van der Waals surface area contributed by atoms with Crippen LogP contribution in [-0.4, -0.2) is 7.05 Å². The van der Waals surface area contributed by atoms with Crippen LogP contribution in [0.4, 0.5) is 0 Å². The van der Waals surface area contributed by atoms with E-state index in [0.29, 0.717) is 6.61 Å². The number of nitrogens with one attached hydrogen (secondary N) is 1. The summed E-state index contributed by atoms with van der Waals surface area (Å²) in [5, 5.41) is 3.14. The third kappa shape index (κ3) is 3.97. The predicted octanol–water partition coefficient (Wildman–Crippen LogP) is 4.02. The fourth-order valence-corrected chi connectivity index (χ4v) is 2.05. The molecule has 0 aliphatic carbocycles. The molecule has 0 aliphatic rings. The second kappa shape index (κ2) is 7.51. The molecule has 2 nitrogen and oxygen atoms in total. The first-order valence-electron chi connectivity index (χ1n) is 6.90. The van der Waals surface area contributed by atoms with E-state index in [9.17, 15) is 0 Å². The quantitative estimate of drug-likeness (QED) is 0.853. The maximum atomic E-state index is 5.91. The van der Waals surface area contributed by atoms with Crippen LogP contribution in [0, 0.1) is 0 Å². The SMILES string of the molecule is CC=Cc1ccccc1OCc1ccc(CNC)cc1. The first-order valence-corrected chi connectivity index (χ1v) is 6.90. The van der Waals surface area contributed by atoms with Gasteiger partial charge in [0.2, 0.25) is 0 Å². The Bertz CT molecular complexity index is 558. The van der Waals surface area contributed by atoms with Crippen molar-refractivity contribution in [3.63, 3.8) is 0 Å². The molecule has 1 N–H and O–H groups in total. The van der Waals surface area contributed by atoms with E-state index in [-0.39, 0.29) is 0 Å². The van der Waals surface area contributed by atoms with E-state index in [0.717, 1.165) is 17.9 Å². The third-order valence-corrected chi connectivity index (χ3v) is 3.06. The monoisotopic (exact) mass is 267 g/mol. The van der Waals surface area contributed by atoms with Crippen LogP contribution in [0.25, 0.3) is 6.08 Å². The van der Waals surface area contributed by atoms with E-state index in [4.69, 9.17) is 4.74 Å². The van der Waals surface area contributed by atoms with Crippen molar-refractivity contribution in [2.75, 3.05) is 7.05 Å². The topological polar surface area (TPSA) is 21.3 Å². The van der Waals surface area contributed by atoms with Crippen molar-refractivity contribution in [2.45, 2.75) is 20.1 Å². The number of hydrogen-bond donors (Lipinski definition) is 1. The van der Waals surface area contributed by atoms with Crippen LogP contribution in [0.3, 0.4) is 0 Å². The Morgan fingerprint density at radius 1 is 1.00 bits per heavy atom. The Morgan fingerprint density at radius 2 is 1.70 bits per heavy atom. The van der Waals surface area contributed by atoms with Gasteiger partial charge in [-0.2, -0.15) is 0 Å². The summed E-state index contributed by atoms with van der Waals surface area (Å²) in [7, 11) is 1.95. The minimum absolute atomic E-state index is 0.592. The summed E-state index contributed by atoms with van der Waals surface area (Å²) in [6, 6.07) is 16.6. The molecule has 0 bridgehead atoms. The molecule has 0 heterocycles. The fraction of sp³-hybridized carbons (Fsp3) is 0.222. The Balaban J connectivity index is 2.01. The number of para-hydroxylation sites is 1. The largest absolute Gasteiger partial charge is 0.488 e. The molecule has 0 aliphatic heterocycles. The summed E-state index contributed by atoms with van der Waals surface area (Å²) in [4.78, 5) is 0. The van der Waals surface area contributed by atoms with E-state index < -0.39 is 0 Å². The summed E-state index contributed by atoms with van der Waals surface area (Å²) in [6.45, 7) is 3.50. The van der Waals surface area contributed by atoms with E-state index in [1.807, 2.05) is 38.2 Å². The molecular weight excluding hydrogens is 246 g/mol. The second-order valence-corrected chi connectivity index (χ2v) is 4.67. The summed E-state index contributed by atoms with van der Waals surface area (Å²) in [5.74, 6) is 0.921. The predicted molar refractivity (Wildman–Crippen MR) is 84.7 cm³/mol. The van der Waals surface area contributed by atoms with Crippen LogP contribution in [0.15, 0.2) is 54.6 Å². The molecule has 2 aromatic carbocycles. The molecule has 0 aromatic heterocycles. The van der Waals surface area contributed by atoms with Gasteiger partial charge in [0.25, 0.3) is 0 Å². The number of ether oxygens (including phenoxy) is 1. The van der Waals surface area contributed by atoms with Crippen LogP contribution < -0.4 is 10.1 Å². The van der Waals surface area contributed by atoms with Gasteiger partial charge in [0, 0.05) is 12.1 Å². The molecule has 20 heavy (non-hydrogen) atoms. The average Bonchev–Trinajstić information content (AvgIpc) is 2.48. The summed E-state index contributed by atoms with van der Waals surface area (Å²) < 4.78 is 5.91. The van der Waals surface area contributed by atoms with Gasteiger partial charge in [-0.25, -0.2) is 0 Å². The van der Waals surface area contributed by atoms with Crippen LogP contribution in [-0.2, 0) is 13.2 Å². The lowest BCUT2D eigenvalue weighted by Crippen LogP contribution is -2.05. The van der Waals surface area contributed by atoms with Crippen molar-refractivity contribution in [2.24, 2.45) is 0 Å². The highest BCUT2D eigenvalue weighted by Gasteiger charge is 2.00. The lowest BCUT2D eigenvalue weighted by atomic mass is 10.1. The van der Waals surface area contributed by atoms with Crippen molar-refractivity contribution >= 4 is 6.08 Å². The zero-order valence-corrected chi connectivity index (χ0v) is 12.1. The van der Waals surface area contributed by atoms with Gasteiger partial charge >= 0.3 is 0 Å². The van der Waals surface area contributed by atoms with E-state index >= 15 is 0 Å². The van der Waals surface area contributed by atoms with Crippen LogP contribution in [0.5, 0.6) is 5.75 Å². The van der Waals surface area contributed by atoms with Gasteiger partial charge in [0.15, 0.2) is 0 Å². The molecule has 104 valence electrons. The van der Waals surface area contributed by atoms with Crippen molar-refractivity contribution in [3.8, 4) is 5.75 Å². The lowest BCUT2D eigenvalue weighted by molar-refractivity contribution is 0.305. The molecule has 0 radical (unpaired) electrons. The summed E-state index contributed by atoms with van der Waals surface area (Å²) in [6.07, 6.45) is 4.08. The first kappa shape index (κ1) is 14.4. The van der Waals surface area contributed by atoms with Gasteiger partial charge in [-0.15, -0.1) is 0 Å². The van der Waals surface area contributed by atoms with E-state index in [2.05, 4.69) is 41.7 Å². The van der Waals surface area contributed by atoms with Gasteiger partial charge in [0.05, 0.1) is 0 Å². The number of rotatable bonds is 6. The fourth-order valence-electron chi connectivity index (χ4n) is 2.05. The minimum atomic E-state index is 0.592. The molecule has 0 atom stereocenters. The Morgan fingerprint density at radius 3 is 2.40 bits per heavy atom. The number of benzene rings is 2. The molecule has 2 heteroatoms. The summed E-state index contributed by atoms with van der Waals surface area (Å²) in [5.41, 5.74) is 3.58. The lowest BCUT2D eigenvalue weighted by Gasteiger charge is -2.09. The smallest absolute Gasteiger partial charge is 0.127 e. The second-order valence-electron chi connectivity index (χ2n) is 4.67. The molecule has 0 saturated carbocycles. The van der Waals surface area contributed by atoms with Crippen molar-refractivity contribution in [3.05, 3.63) is 71.3 Å². The van der Waals surface area contributed by atoms with Gasteiger partial charge in [-0.05, 0) is 31.2 Å². The molecule has 0 saturated heterocycles. The standard InChI is InChI=1S/C18H21NO/c1-3-6-17-7-4-5-8-18(17)20-14-16-11-9-15(10-12-16)13-19-2/h3-12,19H,13-14H2,1-2H3. The number of hydrogen-bond acceptors (Lipinski definition) is 2. The summed E-state index contributed by atoms with van der Waals surface area (Å²) >= 11 is 0. The van der Waals surface area contributed by atoms with Gasteiger partial charge < -0.3 is 10.1 Å². The molecule has 0 spiro atoms. The van der Waals surface area contributed by atoms with Crippen molar-refractivity contribution in [1.29, 1.82) is 0 Å². The van der Waals surface area contributed by atoms with Crippen molar-refractivity contribution < 1.29 is 4.74 Å². The molecule has 0 fully saturated rings. The Kier molecular flexibility index (Phi) is 5.39. The molecule has 2 rings (SSSR count). The molecule has 0 unspecified atom stereocenters. The van der Waals surface area contributed by atoms with Crippen LogP contribution in [0.2, 0.25) is 0 Å². The zero-order chi connectivity index (χ0) is 14.2. The molecule has 2 aromatic rings. The van der Waals surface area contributed by atoms with Gasteiger partial charge in [-0.3, -0.25) is 0 Å². The van der Waals surface area contributed by atoms with Crippen LogP contribution >= 0.6 is 0 Å². The van der Waals surface area contributed by atoms with E-state index in [1.165, 1.54) is 11.1 Å². The van der Waals surface area contributed by atoms with Crippen molar-refractivity contribution in [1.82, 2.24) is 5.32 Å². The normalized spacial score (nSPS) is 10.9. The Hall–Kier alpha value is -2.06. The van der Waals surface area contributed by atoms with Crippen LogP contribution in [0.1, 0.15) is 23.6 Å². The molecule has 0 amide bonds. The number of allylic oxidation sites excluding steroid dienone is 1. The third-order valence-electron chi connectivity index (χ3n) is 3.06. The maximum Gasteiger partial charge on any atom is 0.127 e. The zero-order valence-electron chi connectivity index (χ0n) is 12.1. The van der Waals surface area contributed by atoms with Gasteiger partial charge in [0.1, 0.15) is 12.4 Å². The maximum absolute atomic E-state index is 5.91. The highest BCUT2D eigenvalue weighted by Crippen LogP contribution is 2.20. The first-order chi connectivity index (χ1) is 9.83. The minimum Gasteiger partial charge on any atom is -0.488 e. The highest BCUT2D eigenvalue weighted by molar-refractivity contribution is 5.56. The highest BCUT2D eigenvalue weighted by atomic mass is 16.5. The molecular formula is C18H21NO. The van der Waals surface area contributed by atoms with E-state index in [1.54, 1.807) is 0 Å². The van der Waals surface area contributed by atoms with Gasteiger partial charge in [-0.1, -0.05) is 54.6 Å².